The van der Waals surface area contributed by atoms with Crippen molar-refractivity contribution in [3.63, 3.8) is 0 Å². The number of nitrogens with one attached hydrogen (secondary N) is 1. The van der Waals surface area contributed by atoms with E-state index in [9.17, 15) is 4.79 Å². The van der Waals surface area contributed by atoms with Gasteiger partial charge in [0, 0.05) is 18.2 Å². The minimum absolute atomic E-state index is 0.205. The van der Waals surface area contributed by atoms with Crippen molar-refractivity contribution >= 4 is 11.2 Å². The van der Waals surface area contributed by atoms with Crippen LogP contribution in [0.3, 0.4) is 0 Å². The molecule has 8 nitrogen and oxygen atoms in total. The van der Waals surface area contributed by atoms with Crippen molar-refractivity contribution < 1.29 is 0 Å². The van der Waals surface area contributed by atoms with E-state index in [-0.39, 0.29) is 5.69 Å². The number of hydrogen-bond acceptors (Lipinski definition) is 5. The van der Waals surface area contributed by atoms with E-state index >= 15 is 0 Å². The normalized spacial score (nSPS) is 11.5. The first kappa shape index (κ1) is 19.9. The maximum Gasteiger partial charge on any atom is 0.328 e. The summed E-state index contributed by atoms with van der Waals surface area (Å²) in [5, 5.41) is 7.90. The van der Waals surface area contributed by atoms with Crippen LogP contribution < -0.4 is 5.69 Å². The molecule has 0 amide bonds. The predicted octanol–water partition coefficient (Wildman–Crippen LogP) is 3.75. The van der Waals surface area contributed by atoms with Crippen molar-refractivity contribution in [2.75, 3.05) is 0 Å². The van der Waals surface area contributed by atoms with Gasteiger partial charge in [0.2, 0.25) is 0 Å². The van der Waals surface area contributed by atoms with Crippen LogP contribution in [0.1, 0.15) is 30.9 Å². The first-order valence-electron chi connectivity index (χ1n) is 10.5. The van der Waals surface area contributed by atoms with Crippen LogP contribution in [0.25, 0.3) is 33.8 Å². The van der Waals surface area contributed by atoms with Gasteiger partial charge in [-0.3, -0.25) is 4.57 Å². The van der Waals surface area contributed by atoms with E-state index in [0.29, 0.717) is 29.5 Å². The molecule has 5 rings (SSSR count). The van der Waals surface area contributed by atoms with Crippen molar-refractivity contribution in [1.82, 2.24) is 34.5 Å². The second-order valence-corrected chi connectivity index (χ2v) is 8.13. The number of imidazole rings is 1. The van der Waals surface area contributed by atoms with E-state index in [1.54, 1.807) is 21.6 Å². The second-order valence-electron chi connectivity index (χ2n) is 8.13. The summed E-state index contributed by atoms with van der Waals surface area (Å²) < 4.78 is 3.38. The lowest BCUT2D eigenvalue weighted by Crippen LogP contribution is -2.17. The highest BCUT2D eigenvalue weighted by Gasteiger charge is 2.15. The van der Waals surface area contributed by atoms with Crippen molar-refractivity contribution in [2.24, 2.45) is 7.05 Å². The molecule has 0 atom stereocenters. The molecule has 3 aromatic heterocycles. The molecule has 0 aliphatic rings. The third-order valence-electron chi connectivity index (χ3n) is 5.64. The van der Waals surface area contributed by atoms with Gasteiger partial charge < -0.3 is 4.98 Å². The van der Waals surface area contributed by atoms with Crippen LogP contribution in [0.4, 0.5) is 0 Å². The Labute approximate surface area is 184 Å². The van der Waals surface area contributed by atoms with Gasteiger partial charge in [0.05, 0.1) is 24.6 Å². The van der Waals surface area contributed by atoms with E-state index in [1.807, 2.05) is 49.5 Å². The lowest BCUT2D eigenvalue weighted by Gasteiger charge is -2.11. The molecule has 0 fully saturated rings. The summed E-state index contributed by atoms with van der Waals surface area (Å²) in [6.45, 7) is 4.70. The third kappa shape index (κ3) is 3.49. The average Bonchev–Trinajstić information content (AvgIpc) is 3.36. The molecule has 0 spiro atoms. The standard InChI is InChI=1S/C24H23N7O/c1-15(2)18-6-4-5-7-19(18)22-25-12-20-23(28-22)31(24(32)27-20)14-16-8-10-17(11-9-16)21-13-26-29-30(21)3/h4-13,15H,14H2,1-3H3,(H,27,32). The highest BCUT2D eigenvalue weighted by atomic mass is 16.1. The van der Waals surface area contributed by atoms with E-state index in [1.165, 1.54) is 5.56 Å². The Morgan fingerprint density at radius 2 is 1.81 bits per heavy atom. The van der Waals surface area contributed by atoms with Crippen LogP contribution in [0, 0.1) is 0 Å². The van der Waals surface area contributed by atoms with Gasteiger partial charge in [0.1, 0.15) is 5.52 Å². The van der Waals surface area contributed by atoms with Crippen LogP contribution in [-0.4, -0.2) is 34.5 Å². The lowest BCUT2D eigenvalue weighted by molar-refractivity contribution is 0.720. The summed E-state index contributed by atoms with van der Waals surface area (Å²) in [5.74, 6) is 0.959. The van der Waals surface area contributed by atoms with Gasteiger partial charge >= 0.3 is 5.69 Å². The summed E-state index contributed by atoms with van der Waals surface area (Å²) in [7, 11) is 1.86. The molecule has 0 bridgehead atoms. The topological polar surface area (TPSA) is 94.3 Å². The molecule has 160 valence electrons. The van der Waals surface area contributed by atoms with E-state index in [0.717, 1.165) is 22.4 Å². The first-order chi connectivity index (χ1) is 15.5. The van der Waals surface area contributed by atoms with Crippen LogP contribution in [-0.2, 0) is 13.6 Å². The molecule has 0 aliphatic carbocycles. The number of hydrogen-bond donors (Lipinski definition) is 1. The molecule has 2 aromatic carbocycles. The zero-order chi connectivity index (χ0) is 22.2. The number of rotatable bonds is 5. The molecule has 0 radical (unpaired) electrons. The smallest absolute Gasteiger partial charge is 0.303 e. The fourth-order valence-corrected chi connectivity index (χ4v) is 3.94. The molecule has 0 unspecified atom stereocenters. The monoisotopic (exact) mass is 425 g/mol. The Bertz CT molecular complexity index is 1460. The van der Waals surface area contributed by atoms with E-state index in [4.69, 9.17) is 4.98 Å². The third-order valence-corrected chi connectivity index (χ3v) is 5.64. The van der Waals surface area contributed by atoms with Gasteiger partial charge in [0.15, 0.2) is 11.5 Å². The zero-order valence-corrected chi connectivity index (χ0v) is 18.1. The van der Waals surface area contributed by atoms with E-state index < -0.39 is 0 Å². The summed E-state index contributed by atoms with van der Waals surface area (Å²) in [6, 6.07) is 16.1. The molecular formula is C24H23N7O. The van der Waals surface area contributed by atoms with Gasteiger partial charge in [-0.05, 0) is 17.0 Å². The highest BCUT2D eigenvalue weighted by Crippen LogP contribution is 2.27. The van der Waals surface area contributed by atoms with Crippen LogP contribution in [0.5, 0.6) is 0 Å². The largest absolute Gasteiger partial charge is 0.328 e. The van der Waals surface area contributed by atoms with Gasteiger partial charge in [-0.2, -0.15) is 0 Å². The maximum absolute atomic E-state index is 12.7. The van der Waals surface area contributed by atoms with Crippen molar-refractivity contribution in [3.05, 3.63) is 82.5 Å². The Morgan fingerprint density at radius 3 is 2.53 bits per heavy atom. The zero-order valence-electron chi connectivity index (χ0n) is 18.1. The lowest BCUT2D eigenvalue weighted by atomic mass is 9.97. The molecule has 32 heavy (non-hydrogen) atoms. The van der Waals surface area contributed by atoms with Gasteiger partial charge in [0.25, 0.3) is 0 Å². The minimum Gasteiger partial charge on any atom is -0.303 e. The second kappa shape index (κ2) is 7.88. The maximum atomic E-state index is 12.7. The Hall–Kier alpha value is -4.07. The molecule has 0 saturated heterocycles. The summed E-state index contributed by atoms with van der Waals surface area (Å²) in [4.78, 5) is 24.8. The molecule has 0 aliphatic heterocycles. The first-order valence-corrected chi connectivity index (χ1v) is 10.5. The van der Waals surface area contributed by atoms with Crippen molar-refractivity contribution in [1.29, 1.82) is 0 Å². The average molecular weight is 425 g/mol. The van der Waals surface area contributed by atoms with Crippen molar-refractivity contribution in [3.8, 4) is 22.6 Å². The van der Waals surface area contributed by atoms with Gasteiger partial charge in [-0.15, -0.1) is 5.10 Å². The van der Waals surface area contributed by atoms with Crippen molar-refractivity contribution in [2.45, 2.75) is 26.3 Å². The highest BCUT2D eigenvalue weighted by molar-refractivity contribution is 5.74. The molecule has 3 heterocycles. The Balaban J connectivity index is 1.52. The quantitative estimate of drug-likeness (QED) is 0.463. The summed E-state index contributed by atoms with van der Waals surface area (Å²) in [5.41, 5.74) is 6.12. The Morgan fingerprint density at radius 1 is 1.03 bits per heavy atom. The summed E-state index contributed by atoms with van der Waals surface area (Å²) >= 11 is 0. The number of H-pyrrole nitrogens is 1. The minimum atomic E-state index is -0.205. The van der Waals surface area contributed by atoms with Gasteiger partial charge in [-0.25, -0.2) is 19.4 Å². The van der Waals surface area contributed by atoms with Gasteiger partial charge in [-0.1, -0.05) is 67.6 Å². The fraction of sp³-hybridized carbons (Fsp3) is 0.208. The number of nitrogens with zero attached hydrogens (tertiary/aromatic N) is 6. The number of aryl methyl sites for hydroxylation is 1. The number of benzene rings is 2. The fourth-order valence-electron chi connectivity index (χ4n) is 3.94. The Kier molecular flexibility index (Phi) is 4.89. The molecule has 8 heteroatoms. The van der Waals surface area contributed by atoms with Crippen LogP contribution in [0.15, 0.2) is 65.7 Å². The number of fused-ring (bicyclic) bond motifs is 1. The summed E-state index contributed by atoms with van der Waals surface area (Å²) in [6.07, 6.45) is 3.41. The molecule has 5 aromatic rings. The van der Waals surface area contributed by atoms with E-state index in [2.05, 4.69) is 40.2 Å². The SMILES string of the molecule is CC(C)c1ccccc1-c1ncc2[nH]c(=O)n(Cc3ccc(-c4cnnn4C)cc3)c2n1. The van der Waals surface area contributed by atoms with Crippen LogP contribution >= 0.6 is 0 Å². The molecule has 1 N–H and O–H groups in total. The molecular weight excluding hydrogens is 402 g/mol. The molecule has 0 saturated carbocycles. The number of aromatic amines is 1. The number of aromatic nitrogens is 7. The van der Waals surface area contributed by atoms with Crippen LogP contribution in [0.2, 0.25) is 0 Å². The predicted molar refractivity (Wildman–Crippen MR) is 123 cm³/mol.